The van der Waals surface area contributed by atoms with Crippen LogP contribution >= 0.6 is 11.3 Å². The van der Waals surface area contributed by atoms with E-state index >= 15 is 0 Å². The minimum Gasteiger partial charge on any atom is -0.381 e. The van der Waals surface area contributed by atoms with E-state index in [1.807, 2.05) is 18.9 Å². The largest absolute Gasteiger partial charge is 0.381 e. The van der Waals surface area contributed by atoms with Crippen molar-refractivity contribution in [3.05, 3.63) is 15.6 Å². The van der Waals surface area contributed by atoms with Gasteiger partial charge in [0.2, 0.25) is 0 Å². The van der Waals surface area contributed by atoms with Crippen molar-refractivity contribution in [1.29, 1.82) is 0 Å². The van der Waals surface area contributed by atoms with Crippen LogP contribution in [0.15, 0.2) is 0 Å². The Balaban J connectivity index is 1.42. The second-order valence-electron chi connectivity index (χ2n) is 6.67. The number of hydrogen-bond acceptors (Lipinski definition) is 4. The van der Waals surface area contributed by atoms with E-state index in [9.17, 15) is 4.79 Å². The second kappa shape index (κ2) is 7.62. The van der Waals surface area contributed by atoms with Gasteiger partial charge in [0.15, 0.2) is 0 Å². The Hall–Kier alpha value is -1.14. The van der Waals surface area contributed by atoms with Gasteiger partial charge in [0.1, 0.15) is 0 Å². The number of nitrogens with one attached hydrogen (secondary N) is 1. The average molecular weight is 337 g/mol. The molecule has 2 aliphatic rings. The lowest BCUT2D eigenvalue weighted by Crippen LogP contribution is -2.40. The summed E-state index contributed by atoms with van der Waals surface area (Å²) in [6, 6.07) is 0.187. The molecule has 1 N–H and O–H groups in total. The molecule has 2 aliphatic carbocycles. The number of aromatic nitrogens is 1. The second-order valence-corrected chi connectivity index (χ2v) is 7.90. The van der Waals surface area contributed by atoms with Gasteiger partial charge >= 0.3 is 6.03 Å². The Kier molecular flexibility index (Phi) is 5.54. The highest BCUT2D eigenvalue weighted by Gasteiger charge is 2.29. The Bertz CT molecular complexity index is 542. The van der Waals surface area contributed by atoms with Gasteiger partial charge < -0.3 is 15.0 Å². The molecule has 128 valence electrons. The number of fused-ring (bicyclic) bond motifs is 1. The van der Waals surface area contributed by atoms with Crippen LogP contribution in [0.1, 0.15) is 53.7 Å². The molecule has 2 amide bonds. The number of nitrogens with zero attached hydrogens (tertiary/aromatic N) is 2. The first kappa shape index (κ1) is 16.7. The number of rotatable bonds is 7. The van der Waals surface area contributed by atoms with E-state index in [-0.39, 0.29) is 12.1 Å². The van der Waals surface area contributed by atoms with Crippen molar-refractivity contribution in [2.24, 2.45) is 5.92 Å². The number of hydrogen-bond donors (Lipinski definition) is 1. The zero-order chi connectivity index (χ0) is 16.2. The maximum atomic E-state index is 12.4. The summed E-state index contributed by atoms with van der Waals surface area (Å²) in [6.45, 7) is 4.35. The maximum absolute atomic E-state index is 12.4. The third kappa shape index (κ3) is 4.44. The topological polar surface area (TPSA) is 54.5 Å². The van der Waals surface area contributed by atoms with Gasteiger partial charge in [-0.25, -0.2) is 9.78 Å². The number of ether oxygens (including phenoxy) is 1. The van der Waals surface area contributed by atoms with Crippen LogP contribution in [0.5, 0.6) is 0 Å². The first-order valence-electron chi connectivity index (χ1n) is 8.69. The van der Waals surface area contributed by atoms with E-state index in [0.29, 0.717) is 6.54 Å². The van der Waals surface area contributed by atoms with E-state index in [1.54, 1.807) is 11.3 Å². The predicted octanol–water partition coefficient (Wildman–Crippen LogP) is 3.29. The average Bonchev–Trinajstić information content (AvgIpc) is 3.28. The Morgan fingerprint density at radius 3 is 3.04 bits per heavy atom. The van der Waals surface area contributed by atoms with Gasteiger partial charge in [-0.3, -0.25) is 0 Å². The highest BCUT2D eigenvalue weighted by molar-refractivity contribution is 7.11. The fraction of sp³-hybridized carbons (Fsp3) is 0.765. The molecular formula is C17H27N3O2S. The number of aryl methyl sites for hydroxylation is 2. The molecule has 0 spiro atoms. The van der Waals surface area contributed by atoms with Gasteiger partial charge in [-0.05, 0) is 51.4 Å². The molecule has 1 atom stereocenters. The number of carbonyl (C=O) groups excluding carboxylic acids is 1. The molecule has 1 fully saturated rings. The van der Waals surface area contributed by atoms with Crippen LogP contribution in [-0.4, -0.2) is 42.7 Å². The van der Waals surface area contributed by atoms with Crippen molar-refractivity contribution >= 4 is 17.4 Å². The van der Waals surface area contributed by atoms with Crippen LogP contribution in [0.4, 0.5) is 4.79 Å². The summed E-state index contributed by atoms with van der Waals surface area (Å²) in [5.41, 5.74) is 1.19. The number of carbonyl (C=O) groups is 1. The summed E-state index contributed by atoms with van der Waals surface area (Å²) in [6.07, 6.45) is 6.70. The molecule has 3 rings (SSSR count). The quantitative estimate of drug-likeness (QED) is 0.777. The SMILES string of the molecule is Cc1nc2c(s1)[C@@H](N(C)C(=O)NCCCOCC1CC1)CCC2. The lowest BCUT2D eigenvalue weighted by Gasteiger charge is -2.30. The standard InChI is InChI=1S/C17H27N3O2S/c1-12-19-14-5-3-6-15(16(14)23-12)20(2)17(21)18-9-4-10-22-11-13-7-8-13/h13,15H,3-11H2,1-2H3,(H,18,21)/t15-/m0/s1. The molecule has 1 heterocycles. The fourth-order valence-electron chi connectivity index (χ4n) is 3.06. The summed E-state index contributed by atoms with van der Waals surface area (Å²) in [5, 5.41) is 4.11. The highest BCUT2D eigenvalue weighted by atomic mass is 32.1. The van der Waals surface area contributed by atoms with Crippen LogP contribution in [0, 0.1) is 12.8 Å². The molecule has 23 heavy (non-hydrogen) atoms. The molecule has 1 aromatic rings. The molecule has 6 heteroatoms. The van der Waals surface area contributed by atoms with Crippen LogP contribution in [0.2, 0.25) is 0 Å². The molecule has 5 nitrogen and oxygen atoms in total. The van der Waals surface area contributed by atoms with Crippen molar-refractivity contribution in [2.75, 3.05) is 26.8 Å². The number of urea groups is 1. The van der Waals surface area contributed by atoms with Crippen LogP contribution < -0.4 is 5.32 Å². The van der Waals surface area contributed by atoms with Gasteiger partial charge in [0.05, 0.1) is 21.6 Å². The van der Waals surface area contributed by atoms with Crippen LogP contribution in [0.25, 0.3) is 0 Å². The monoisotopic (exact) mass is 337 g/mol. The zero-order valence-corrected chi connectivity index (χ0v) is 15.0. The Morgan fingerprint density at radius 1 is 1.43 bits per heavy atom. The van der Waals surface area contributed by atoms with E-state index in [2.05, 4.69) is 10.3 Å². The maximum Gasteiger partial charge on any atom is 0.317 e. The van der Waals surface area contributed by atoms with Gasteiger partial charge in [-0.2, -0.15) is 0 Å². The molecule has 1 saturated carbocycles. The highest BCUT2D eigenvalue weighted by Crippen LogP contribution is 2.37. The number of thiazole rings is 1. The minimum absolute atomic E-state index is 0.0103. The molecule has 1 aromatic heterocycles. The summed E-state index contributed by atoms with van der Waals surface area (Å²) < 4.78 is 5.59. The van der Waals surface area contributed by atoms with E-state index in [4.69, 9.17) is 4.74 Å². The minimum atomic E-state index is 0.0103. The fourth-order valence-corrected chi connectivity index (χ4v) is 4.21. The molecular weight excluding hydrogens is 310 g/mol. The first-order valence-corrected chi connectivity index (χ1v) is 9.51. The lowest BCUT2D eigenvalue weighted by atomic mass is 9.97. The smallest absolute Gasteiger partial charge is 0.317 e. The van der Waals surface area contributed by atoms with Crippen molar-refractivity contribution in [3.63, 3.8) is 0 Å². The summed E-state index contributed by atoms with van der Waals surface area (Å²) in [7, 11) is 1.90. The molecule has 0 bridgehead atoms. The predicted molar refractivity (Wildman–Crippen MR) is 91.9 cm³/mol. The zero-order valence-electron chi connectivity index (χ0n) is 14.1. The van der Waals surface area contributed by atoms with E-state index < -0.39 is 0 Å². The first-order chi connectivity index (χ1) is 11.1. The summed E-state index contributed by atoms with van der Waals surface area (Å²) >= 11 is 1.73. The van der Waals surface area contributed by atoms with Gasteiger partial charge in [0.25, 0.3) is 0 Å². The van der Waals surface area contributed by atoms with Crippen molar-refractivity contribution < 1.29 is 9.53 Å². The van der Waals surface area contributed by atoms with Gasteiger partial charge in [-0.1, -0.05) is 0 Å². The number of amides is 2. The third-order valence-electron chi connectivity index (χ3n) is 4.61. The molecule has 0 aromatic carbocycles. The molecule has 0 radical (unpaired) electrons. The molecule has 0 aliphatic heterocycles. The van der Waals surface area contributed by atoms with Crippen LogP contribution in [0.3, 0.4) is 0 Å². The van der Waals surface area contributed by atoms with Crippen LogP contribution in [-0.2, 0) is 11.2 Å². The van der Waals surface area contributed by atoms with E-state index in [0.717, 1.165) is 49.8 Å². The summed E-state index contributed by atoms with van der Waals surface area (Å²) in [4.78, 5) is 20.1. The lowest BCUT2D eigenvalue weighted by molar-refractivity contribution is 0.121. The third-order valence-corrected chi connectivity index (χ3v) is 5.72. The van der Waals surface area contributed by atoms with Crippen molar-refractivity contribution in [3.8, 4) is 0 Å². The molecule has 0 unspecified atom stereocenters. The summed E-state index contributed by atoms with van der Waals surface area (Å²) in [5.74, 6) is 0.805. The normalized spacial score (nSPS) is 20.2. The molecule has 0 saturated heterocycles. The van der Waals surface area contributed by atoms with Crippen molar-refractivity contribution in [1.82, 2.24) is 15.2 Å². The van der Waals surface area contributed by atoms with Gasteiger partial charge in [-0.15, -0.1) is 11.3 Å². The van der Waals surface area contributed by atoms with E-state index in [1.165, 1.54) is 23.4 Å². The van der Waals surface area contributed by atoms with Gasteiger partial charge in [0, 0.05) is 26.8 Å². The Labute approximate surface area is 142 Å². The van der Waals surface area contributed by atoms with Crippen molar-refractivity contribution in [2.45, 2.75) is 51.5 Å². The Morgan fingerprint density at radius 2 is 2.26 bits per heavy atom.